The number of carbonyl (C=O) groups excluding carboxylic acids is 1. The fraction of sp³-hybridized carbons (Fsp3) is 0.120. The summed E-state index contributed by atoms with van der Waals surface area (Å²) in [7, 11) is 0. The van der Waals surface area contributed by atoms with Gasteiger partial charge in [-0.3, -0.25) is 4.79 Å². The van der Waals surface area contributed by atoms with E-state index in [0.29, 0.717) is 28.6 Å². The minimum Gasteiger partial charge on any atom is -0.492 e. The Bertz CT molecular complexity index is 1120. The highest BCUT2D eigenvalue weighted by molar-refractivity contribution is 7.99. The van der Waals surface area contributed by atoms with Gasteiger partial charge in [0.1, 0.15) is 17.4 Å². The molecule has 0 saturated heterocycles. The fourth-order valence-electron chi connectivity index (χ4n) is 2.80. The second kappa shape index (κ2) is 11.3. The van der Waals surface area contributed by atoms with Crippen molar-refractivity contribution < 1.29 is 9.53 Å². The van der Waals surface area contributed by atoms with E-state index in [-0.39, 0.29) is 5.57 Å². The molecule has 0 fully saturated rings. The first-order chi connectivity index (χ1) is 15.0. The SMILES string of the molecule is Cc1cccc(NC(=O)C(C#N)=Cc2ccccc2OCCSc2ccc(Cl)cc2)c1. The monoisotopic (exact) mass is 448 g/mol. The molecule has 3 rings (SSSR count). The number of ether oxygens (including phenoxy) is 1. The van der Waals surface area contributed by atoms with Crippen molar-refractivity contribution in [1.82, 2.24) is 0 Å². The predicted molar refractivity (Wildman–Crippen MR) is 128 cm³/mol. The first-order valence-corrected chi connectivity index (χ1v) is 11.0. The Kier molecular flexibility index (Phi) is 8.17. The van der Waals surface area contributed by atoms with E-state index >= 15 is 0 Å². The van der Waals surface area contributed by atoms with Gasteiger partial charge in [0, 0.05) is 26.9 Å². The molecule has 3 aromatic rings. The quantitative estimate of drug-likeness (QED) is 0.188. The molecule has 0 atom stereocenters. The van der Waals surface area contributed by atoms with Gasteiger partial charge in [-0.15, -0.1) is 11.8 Å². The van der Waals surface area contributed by atoms with Gasteiger partial charge in [0.05, 0.1) is 6.61 Å². The van der Waals surface area contributed by atoms with Gasteiger partial charge in [-0.2, -0.15) is 5.26 Å². The first kappa shape index (κ1) is 22.5. The summed E-state index contributed by atoms with van der Waals surface area (Å²) in [4.78, 5) is 13.7. The lowest BCUT2D eigenvalue weighted by atomic mass is 10.1. The third kappa shape index (κ3) is 6.92. The molecular formula is C25H21ClN2O2S. The maximum absolute atomic E-state index is 12.6. The molecule has 156 valence electrons. The number of nitrogens with zero attached hydrogens (tertiary/aromatic N) is 1. The number of hydrogen-bond donors (Lipinski definition) is 1. The van der Waals surface area contributed by atoms with E-state index in [9.17, 15) is 10.1 Å². The van der Waals surface area contributed by atoms with Gasteiger partial charge >= 0.3 is 0 Å². The number of carbonyl (C=O) groups is 1. The van der Waals surface area contributed by atoms with Gasteiger partial charge in [-0.1, -0.05) is 41.9 Å². The van der Waals surface area contributed by atoms with Crippen LogP contribution in [-0.2, 0) is 4.79 Å². The number of hydrogen-bond acceptors (Lipinski definition) is 4. The van der Waals surface area contributed by atoms with Crippen LogP contribution in [0.4, 0.5) is 5.69 Å². The van der Waals surface area contributed by atoms with Crippen LogP contribution in [0, 0.1) is 18.3 Å². The molecule has 6 heteroatoms. The largest absolute Gasteiger partial charge is 0.492 e. The van der Waals surface area contributed by atoms with Crippen molar-refractivity contribution in [2.75, 3.05) is 17.7 Å². The number of anilines is 1. The van der Waals surface area contributed by atoms with Crippen molar-refractivity contribution in [3.63, 3.8) is 0 Å². The Morgan fingerprint density at radius 2 is 1.90 bits per heavy atom. The van der Waals surface area contributed by atoms with Crippen molar-refractivity contribution in [2.45, 2.75) is 11.8 Å². The Morgan fingerprint density at radius 3 is 2.65 bits per heavy atom. The number of thioether (sulfide) groups is 1. The molecule has 0 aromatic heterocycles. The Morgan fingerprint density at radius 1 is 1.13 bits per heavy atom. The van der Waals surface area contributed by atoms with Crippen LogP contribution in [0.5, 0.6) is 5.75 Å². The molecule has 0 heterocycles. The predicted octanol–water partition coefficient (Wildman–Crippen LogP) is 6.37. The number of nitriles is 1. The number of aryl methyl sites for hydroxylation is 1. The molecule has 1 amide bonds. The van der Waals surface area contributed by atoms with Gasteiger partial charge in [0.15, 0.2) is 0 Å². The number of nitrogens with one attached hydrogen (secondary N) is 1. The molecule has 31 heavy (non-hydrogen) atoms. The zero-order valence-corrected chi connectivity index (χ0v) is 18.5. The van der Waals surface area contributed by atoms with Crippen LogP contribution in [0.25, 0.3) is 6.08 Å². The van der Waals surface area contributed by atoms with Crippen LogP contribution in [0.2, 0.25) is 5.02 Å². The van der Waals surface area contributed by atoms with Gasteiger partial charge < -0.3 is 10.1 Å². The highest BCUT2D eigenvalue weighted by atomic mass is 35.5. The fourth-order valence-corrected chi connectivity index (χ4v) is 3.66. The van der Waals surface area contributed by atoms with Gasteiger partial charge in [-0.25, -0.2) is 0 Å². The zero-order chi connectivity index (χ0) is 22.1. The summed E-state index contributed by atoms with van der Waals surface area (Å²) in [5.41, 5.74) is 2.36. The van der Waals surface area contributed by atoms with E-state index in [4.69, 9.17) is 16.3 Å². The van der Waals surface area contributed by atoms with Crippen molar-refractivity contribution in [3.8, 4) is 11.8 Å². The number of amides is 1. The molecule has 0 unspecified atom stereocenters. The zero-order valence-electron chi connectivity index (χ0n) is 17.0. The van der Waals surface area contributed by atoms with Crippen LogP contribution in [0.15, 0.2) is 83.3 Å². The van der Waals surface area contributed by atoms with E-state index in [0.717, 1.165) is 16.2 Å². The Labute approximate surface area is 191 Å². The minimum atomic E-state index is -0.457. The summed E-state index contributed by atoms with van der Waals surface area (Å²) in [5.74, 6) is 0.912. The van der Waals surface area contributed by atoms with Crippen molar-refractivity contribution in [3.05, 3.63) is 94.5 Å². The molecule has 0 radical (unpaired) electrons. The molecule has 0 saturated carbocycles. The maximum Gasteiger partial charge on any atom is 0.266 e. The Balaban J connectivity index is 1.64. The molecule has 0 bridgehead atoms. The van der Waals surface area contributed by atoms with Gasteiger partial charge in [0.25, 0.3) is 5.91 Å². The average Bonchev–Trinajstić information content (AvgIpc) is 2.77. The van der Waals surface area contributed by atoms with E-state index in [1.54, 1.807) is 23.9 Å². The molecule has 3 aromatic carbocycles. The van der Waals surface area contributed by atoms with Crippen LogP contribution in [-0.4, -0.2) is 18.3 Å². The lowest BCUT2D eigenvalue weighted by Gasteiger charge is -2.10. The van der Waals surface area contributed by atoms with Crippen LogP contribution < -0.4 is 10.1 Å². The molecular weight excluding hydrogens is 428 g/mol. The molecule has 0 aliphatic carbocycles. The number of rotatable bonds is 8. The standard InChI is InChI=1S/C25H21ClN2O2S/c1-18-5-4-7-22(15-18)28-25(29)20(17-27)16-19-6-2-3-8-24(19)30-13-14-31-23-11-9-21(26)10-12-23/h2-12,15-16H,13-14H2,1H3,(H,28,29). The summed E-state index contributed by atoms with van der Waals surface area (Å²) in [6.45, 7) is 2.42. The van der Waals surface area contributed by atoms with Crippen molar-refractivity contribution >= 4 is 41.0 Å². The average molecular weight is 449 g/mol. The number of para-hydroxylation sites is 1. The second-order valence-corrected chi connectivity index (χ2v) is 8.29. The van der Waals surface area contributed by atoms with E-state index in [1.165, 1.54) is 0 Å². The van der Waals surface area contributed by atoms with Gasteiger partial charge in [0.2, 0.25) is 0 Å². The molecule has 1 N–H and O–H groups in total. The first-order valence-electron chi connectivity index (χ1n) is 9.65. The molecule has 0 aliphatic heterocycles. The van der Waals surface area contributed by atoms with E-state index in [1.807, 2.05) is 79.7 Å². The highest BCUT2D eigenvalue weighted by Crippen LogP contribution is 2.24. The third-order valence-corrected chi connectivity index (χ3v) is 5.51. The summed E-state index contributed by atoms with van der Waals surface area (Å²) in [6.07, 6.45) is 1.55. The summed E-state index contributed by atoms with van der Waals surface area (Å²) in [6, 6.07) is 24.4. The van der Waals surface area contributed by atoms with Crippen LogP contribution in [0.3, 0.4) is 0 Å². The lowest BCUT2D eigenvalue weighted by molar-refractivity contribution is -0.112. The lowest BCUT2D eigenvalue weighted by Crippen LogP contribution is -2.13. The molecule has 4 nitrogen and oxygen atoms in total. The van der Waals surface area contributed by atoms with E-state index in [2.05, 4.69) is 5.32 Å². The molecule has 0 aliphatic rings. The smallest absolute Gasteiger partial charge is 0.266 e. The second-order valence-electron chi connectivity index (χ2n) is 6.68. The minimum absolute atomic E-state index is 0.00750. The van der Waals surface area contributed by atoms with E-state index < -0.39 is 5.91 Å². The van der Waals surface area contributed by atoms with Crippen molar-refractivity contribution in [2.24, 2.45) is 0 Å². The normalized spacial score (nSPS) is 10.9. The summed E-state index contributed by atoms with van der Waals surface area (Å²) in [5, 5.41) is 13.0. The number of benzene rings is 3. The summed E-state index contributed by atoms with van der Waals surface area (Å²) >= 11 is 7.57. The van der Waals surface area contributed by atoms with Crippen LogP contribution >= 0.6 is 23.4 Å². The topological polar surface area (TPSA) is 62.1 Å². The number of halogens is 1. The highest BCUT2D eigenvalue weighted by Gasteiger charge is 2.11. The third-order valence-electron chi connectivity index (χ3n) is 4.28. The molecule has 0 spiro atoms. The Hall–Kier alpha value is -3.20. The van der Waals surface area contributed by atoms with Crippen molar-refractivity contribution in [1.29, 1.82) is 5.26 Å². The van der Waals surface area contributed by atoms with Crippen LogP contribution in [0.1, 0.15) is 11.1 Å². The maximum atomic E-state index is 12.6. The summed E-state index contributed by atoms with van der Waals surface area (Å²) < 4.78 is 5.91. The van der Waals surface area contributed by atoms with Gasteiger partial charge in [-0.05, 0) is 61.0 Å².